The largest absolute Gasteiger partial charge is 0.463 e. The number of nitrogens with zero attached hydrogens (tertiary/aromatic N) is 4. The lowest BCUT2D eigenvalue weighted by Crippen LogP contribution is -2.45. The zero-order chi connectivity index (χ0) is 22.1. The quantitative estimate of drug-likeness (QED) is 0.228. The van der Waals surface area contributed by atoms with Crippen LogP contribution in [0, 0.1) is 12.7 Å². The minimum atomic E-state index is -4.71. The van der Waals surface area contributed by atoms with E-state index in [2.05, 4.69) is 19.7 Å². The second kappa shape index (κ2) is 8.10. The Morgan fingerprint density at radius 1 is 1.24 bits per heavy atom. The summed E-state index contributed by atoms with van der Waals surface area (Å²) in [6.07, 6.45) is -5.11. The van der Waals surface area contributed by atoms with E-state index in [-0.39, 0.29) is 22.0 Å². The Hall–Kier alpha value is -2.48. The van der Waals surface area contributed by atoms with E-state index in [1.165, 1.54) is 6.92 Å². The summed E-state index contributed by atoms with van der Waals surface area (Å²) in [5.41, 5.74) is 0.107. The number of carbonyl (C=O) groups is 1. The first kappa shape index (κ1) is 22.8. The molecule has 14 heteroatoms. The van der Waals surface area contributed by atoms with Crippen LogP contribution in [0.2, 0.25) is 0 Å². The van der Waals surface area contributed by atoms with E-state index in [1.807, 2.05) is 15.9 Å². The maximum Gasteiger partial charge on any atom is 0.425 e. The van der Waals surface area contributed by atoms with Crippen LogP contribution in [0.1, 0.15) is 12.6 Å². The number of ether oxygens (including phenoxy) is 1. The molecule has 158 valence electrons. The predicted octanol–water partition coefficient (Wildman–Crippen LogP) is 3.51. The molecular weight excluding hydrogens is 476 g/mol. The lowest BCUT2D eigenvalue weighted by Gasteiger charge is -2.19. The summed E-state index contributed by atoms with van der Waals surface area (Å²) in [6.45, 7) is 2.06. The molecule has 2 heterocycles. The van der Waals surface area contributed by atoms with Gasteiger partial charge in [-0.2, -0.15) is 22.0 Å². The maximum atomic E-state index is 14.1. The summed E-state index contributed by atoms with van der Waals surface area (Å²) in [5.74, 6) is 1.04. The van der Waals surface area contributed by atoms with Crippen LogP contribution in [0.25, 0.3) is 11.3 Å². The molecule has 0 aromatic carbocycles. The first-order valence-corrected chi connectivity index (χ1v) is 8.40. The van der Waals surface area contributed by atoms with Crippen LogP contribution in [0.3, 0.4) is 0 Å². The number of amides is 1. The Labute approximate surface area is 168 Å². The minimum absolute atomic E-state index is 0.0202. The fourth-order valence-corrected chi connectivity index (χ4v) is 2.18. The first-order chi connectivity index (χ1) is 13.2. The summed E-state index contributed by atoms with van der Waals surface area (Å²) in [7, 11) is 0. The van der Waals surface area contributed by atoms with Gasteiger partial charge in [0.1, 0.15) is 0 Å². The van der Waals surface area contributed by atoms with Crippen LogP contribution < -0.4 is 15.6 Å². The molecule has 0 aliphatic rings. The molecule has 1 atom stereocenters. The summed E-state index contributed by atoms with van der Waals surface area (Å²) in [6, 6.07) is 0.820. The van der Waals surface area contributed by atoms with Gasteiger partial charge in [0.2, 0.25) is 0 Å². The van der Waals surface area contributed by atoms with Crippen LogP contribution in [-0.4, -0.2) is 38.0 Å². The molecule has 0 radical (unpaired) electrons. The molecule has 1 amide bonds. The van der Waals surface area contributed by atoms with Crippen molar-refractivity contribution in [1.82, 2.24) is 15.0 Å². The van der Waals surface area contributed by atoms with Gasteiger partial charge < -0.3 is 4.74 Å². The molecule has 0 aliphatic heterocycles. The van der Waals surface area contributed by atoms with Crippen LogP contribution >= 0.6 is 15.9 Å². The van der Waals surface area contributed by atoms with Gasteiger partial charge in [-0.1, -0.05) is 0 Å². The lowest BCUT2D eigenvalue weighted by atomic mass is 10.1. The third-order valence-electron chi connectivity index (χ3n) is 3.47. The average molecular weight is 488 g/mol. The van der Waals surface area contributed by atoms with E-state index in [4.69, 9.17) is 5.84 Å². The van der Waals surface area contributed by atoms with E-state index >= 15 is 0 Å². The molecule has 0 spiro atoms. The molecule has 0 bridgehead atoms. The van der Waals surface area contributed by atoms with Gasteiger partial charge in [-0.05, 0) is 19.9 Å². The number of hydrazine groups is 1. The zero-order valence-corrected chi connectivity index (χ0v) is 16.2. The van der Waals surface area contributed by atoms with Gasteiger partial charge in [0.25, 0.3) is 5.88 Å². The number of alkyl halides is 6. The smallest absolute Gasteiger partial charge is 0.425 e. The number of anilines is 1. The molecule has 0 saturated heterocycles. The molecule has 0 aliphatic carbocycles. The van der Waals surface area contributed by atoms with Crippen molar-refractivity contribution in [2.45, 2.75) is 31.0 Å². The molecule has 0 fully saturated rings. The predicted molar refractivity (Wildman–Crippen MR) is 91.7 cm³/mol. The number of pyridine rings is 1. The molecule has 7 nitrogen and oxygen atoms in total. The number of hydrogen-bond acceptors (Lipinski definition) is 6. The highest BCUT2D eigenvalue weighted by Gasteiger charge is 2.40. The zero-order valence-electron chi connectivity index (χ0n) is 14.6. The van der Waals surface area contributed by atoms with Gasteiger partial charge in [-0.3, -0.25) is 9.78 Å². The van der Waals surface area contributed by atoms with Crippen molar-refractivity contribution in [3.8, 4) is 17.1 Å². The van der Waals surface area contributed by atoms with Gasteiger partial charge in [0.05, 0.1) is 17.6 Å². The van der Waals surface area contributed by atoms with Crippen molar-refractivity contribution in [3.05, 3.63) is 30.0 Å². The molecule has 2 N–H and O–H groups in total. The Balaban J connectivity index is 2.29. The summed E-state index contributed by atoms with van der Waals surface area (Å²) >= 11 is 1.87. The summed E-state index contributed by atoms with van der Waals surface area (Å²) in [4.78, 5) is 18.8. The summed E-state index contributed by atoms with van der Waals surface area (Å²) < 4.78 is 82.1. The average Bonchev–Trinajstić information content (AvgIpc) is 2.60. The van der Waals surface area contributed by atoms with Crippen molar-refractivity contribution in [2.24, 2.45) is 5.84 Å². The standard InChI is InChI=1S/C15H12BrF6N5O2/c1-6-11(24-5-10(26-6)27(23)13(28)14(16,18)19)8-3-9(17)12(25-4-8)29-7(2)15(20,21)22/h3-5,7H,23H2,1-2H3/t7-/m0/s1. The van der Waals surface area contributed by atoms with Gasteiger partial charge in [0, 0.05) is 27.7 Å². The number of aryl methyl sites for hydroxylation is 1. The molecule has 2 aromatic heterocycles. The molecule has 2 rings (SSSR count). The minimum Gasteiger partial charge on any atom is -0.463 e. The van der Waals surface area contributed by atoms with Gasteiger partial charge in [0.15, 0.2) is 17.7 Å². The summed E-state index contributed by atoms with van der Waals surface area (Å²) in [5, 5.41) is 0.0762. The van der Waals surface area contributed by atoms with E-state index in [0.29, 0.717) is 6.92 Å². The third-order valence-corrected chi connectivity index (χ3v) is 3.81. The van der Waals surface area contributed by atoms with Gasteiger partial charge in [-0.25, -0.2) is 25.2 Å². The molecule has 29 heavy (non-hydrogen) atoms. The normalized spacial score (nSPS) is 13.2. The number of hydrogen-bond donors (Lipinski definition) is 1. The maximum absolute atomic E-state index is 14.1. The molecule has 0 unspecified atom stereocenters. The highest BCUT2D eigenvalue weighted by Crippen LogP contribution is 2.29. The van der Waals surface area contributed by atoms with Crippen molar-refractivity contribution in [2.75, 3.05) is 5.01 Å². The first-order valence-electron chi connectivity index (χ1n) is 7.60. The second-order valence-corrected chi connectivity index (χ2v) is 6.64. The number of nitrogens with two attached hydrogens (primary N) is 1. The fraction of sp³-hybridized carbons (Fsp3) is 0.333. The highest BCUT2D eigenvalue weighted by molar-refractivity contribution is 9.10. The van der Waals surface area contributed by atoms with Gasteiger partial charge >= 0.3 is 16.9 Å². The molecular formula is C15H12BrF6N5O2. The van der Waals surface area contributed by atoms with Crippen LogP contribution in [0.5, 0.6) is 5.88 Å². The Kier molecular flexibility index (Phi) is 6.37. The molecule has 2 aromatic rings. The number of rotatable bonds is 5. The van der Waals surface area contributed by atoms with Gasteiger partial charge in [-0.15, -0.1) is 0 Å². The van der Waals surface area contributed by atoms with Crippen molar-refractivity contribution in [1.29, 1.82) is 0 Å². The number of aromatic nitrogens is 3. The Morgan fingerprint density at radius 3 is 2.34 bits per heavy atom. The van der Waals surface area contributed by atoms with Crippen molar-refractivity contribution in [3.63, 3.8) is 0 Å². The number of carbonyl (C=O) groups excluding carboxylic acids is 1. The lowest BCUT2D eigenvalue weighted by molar-refractivity contribution is -0.190. The van der Waals surface area contributed by atoms with Crippen LogP contribution in [-0.2, 0) is 4.79 Å². The Bertz CT molecular complexity index is 921. The van der Waals surface area contributed by atoms with Crippen molar-refractivity contribution < 1.29 is 35.9 Å². The highest BCUT2D eigenvalue weighted by atomic mass is 79.9. The SMILES string of the molecule is Cc1nc(N(N)C(=O)C(F)(F)Br)cnc1-c1cnc(O[C@@H](C)C(F)(F)F)c(F)c1. The molecule has 0 saturated carbocycles. The fourth-order valence-electron chi connectivity index (χ4n) is 1.99. The van der Waals surface area contributed by atoms with E-state index in [0.717, 1.165) is 18.5 Å². The van der Waals surface area contributed by atoms with Crippen LogP contribution in [0.15, 0.2) is 18.5 Å². The van der Waals surface area contributed by atoms with Crippen molar-refractivity contribution >= 4 is 27.7 Å². The number of halogens is 7. The second-order valence-electron chi connectivity index (χ2n) is 5.65. The third kappa shape index (κ3) is 5.32. The van der Waals surface area contributed by atoms with E-state index in [1.54, 1.807) is 0 Å². The topological polar surface area (TPSA) is 94.2 Å². The van der Waals surface area contributed by atoms with E-state index in [9.17, 15) is 31.1 Å². The Morgan fingerprint density at radius 2 is 1.86 bits per heavy atom. The van der Waals surface area contributed by atoms with Crippen LogP contribution in [0.4, 0.5) is 32.2 Å². The monoisotopic (exact) mass is 487 g/mol. The van der Waals surface area contributed by atoms with E-state index < -0.39 is 40.5 Å².